The minimum Gasteiger partial charge on any atom is -0.481 e. The molecule has 0 radical (unpaired) electrons. The highest BCUT2D eigenvalue weighted by molar-refractivity contribution is 5.73. The van der Waals surface area contributed by atoms with Crippen molar-refractivity contribution in [3.05, 3.63) is 83.7 Å². The van der Waals surface area contributed by atoms with Gasteiger partial charge in [0.05, 0.1) is 12.0 Å². The number of halogens is 1. The van der Waals surface area contributed by atoms with Gasteiger partial charge in [-0.15, -0.1) is 0 Å². The molecule has 0 bridgehead atoms. The van der Waals surface area contributed by atoms with E-state index in [9.17, 15) is 14.7 Å². The topological polar surface area (TPSA) is 75.6 Å². The van der Waals surface area contributed by atoms with Gasteiger partial charge in [0, 0.05) is 0 Å². The van der Waals surface area contributed by atoms with Gasteiger partial charge in [-0.2, -0.15) is 0 Å². The van der Waals surface area contributed by atoms with Gasteiger partial charge in [0.25, 0.3) is 0 Å². The molecule has 0 saturated carbocycles. The number of hydrogen-bond donors (Lipinski definition) is 2. The number of hydrogen-bond acceptors (Lipinski definition) is 3. The van der Waals surface area contributed by atoms with Crippen LogP contribution in [0.4, 0.5) is 9.18 Å². The molecule has 0 aliphatic carbocycles. The molecule has 0 unspecified atom stereocenters. The smallest absolute Gasteiger partial charge is 0.408 e. The first-order valence-electron chi connectivity index (χ1n) is 9.81. The van der Waals surface area contributed by atoms with E-state index in [0.29, 0.717) is 0 Å². The van der Waals surface area contributed by atoms with E-state index in [2.05, 4.69) is 5.32 Å². The minimum absolute atomic E-state index is 0.147. The van der Waals surface area contributed by atoms with E-state index in [-0.39, 0.29) is 12.8 Å². The predicted molar refractivity (Wildman–Crippen MR) is 114 cm³/mol. The number of carboxylic acid groups (broad SMARTS) is 1. The molecule has 2 N–H and O–H groups in total. The quantitative estimate of drug-likeness (QED) is 0.644. The molecule has 0 fully saturated rings. The lowest BCUT2D eigenvalue weighted by molar-refractivity contribution is -0.140. The van der Waals surface area contributed by atoms with Gasteiger partial charge in [0.15, 0.2) is 0 Å². The first-order chi connectivity index (χ1) is 14.1. The van der Waals surface area contributed by atoms with E-state index in [4.69, 9.17) is 4.74 Å². The third-order valence-electron chi connectivity index (χ3n) is 4.28. The number of benzene rings is 2. The first kappa shape index (κ1) is 23.1. The van der Waals surface area contributed by atoms with Gasteiger partial charge >= 0.3 is 12.1 Å². The van der Waals surface area contributed by atoms with Crippen LogP contribution in [0.1, 0.15) is 31.9 Å². The Bertz CT molecular complexity index is 860. The van der Waals surface area contributed by atoms with E-state index < -0.39 is 35.5 Å². The molecule has 5 nitrogen and oxygen atoms in total. The van der Waals surface area contributed by atoms with Crippen molar-refractivity contribution in [2.45, 2.75) is 45.3 Å². The maximum absolute atomic E-state index is 15.2. The number of ether oxygens (including phenoxy) is 1. The number of carbonyl (C=O) groups is 2. The molecule has 1 amide bonds. The molecule has 6 heteroatoms. The fraction of sp³-hybridized carbons (Fsp3) is 0.333. The average molecular weight is 413 g/mol. The molecular weight excluding hydrogens is 385 g/mol. The number of carbonyl (C=O) groups excluding carboxylic acids is 1. The van der Waals surface area contributed by atoms with Crippen LogP contribution in [0.3, 0.4) is 0 Å². The predicted octanol–water partition coefficient (Wildman–Crippen LogP) is 4.92. The summed E-state index contributed by atoms with van der Waals surface area (Å²) in [6.45, 7) is 5.14. The molecule has 0 aromatic heterocycles. The van der Waals surface area contributed by atoms with E-state index in [1.54, 1.807) is 45.0 Å². The zero-order valence-corrected chi connectivity index (χ0v) is 17.5. The lowest BCUT2D eigenvalue weighted by Crippen LogP contribution is -2.41. The minimum atomic E-state index is -1.13. The number of carboxylic acids is 1. The number of nitrogens with one attached hydrogen (secondary N) is 1. The standard InChI is InChI=1S/C24H28FNO4/c1-24(2,3)30-23(29)26-21(15-18-12-8-5-9-13-18)20(25)16-19(22(27)28)14-17-10-6-4-7-11-17/h4-13,16,19,21H,14-15H2,1-3H3,(H,26,29)(H,27,28)/b20-16-/t19-,21+/m0/s1. The monoisotopic (exact) mass is 413 g/mol. The molecular formula is C24H28FNO4. The Kier molecular flexibility index (Phi) is 8.16. The molecule has 2 aromatic carbocycles. The summed E-state index contributed by atoms with van der Waals surface area (Å²) in [6.07, 6.45) is 0.621. The summed E-state index contributed by atoms with van der Waals surface area (Å²) in [7, 11) is 0. The van der Waals surface area contributed by atoms with Crippen molar-refractivity contribution in [3.63, 3.8) is 0 Å². The second-order valence-corrected chi connectivity index (χ2v) is 8.07. The van der Waals surface area contributed by atoms with Crippen LogP contribution in [0.2, 0.25) is 0 Å². The summed E-state index contributed by atoms with van der Waals surface area (Å²) in [4.78, 5) is 23.9. The lowest BCUT2D eigenvalue weighted by atomic mass is 9.96. The fourth-order valence-corrected chi connectivity index (χ4v) is 2.91. The van der Waals surface area contributed by atoms with Gasteiger partial charge in [-0.1, -0.05) is 60.7 Å². The SMILES string of the molecule is CC(C)(C)OC(=O)N[C@H](Cc1ccccc1)/C(F)=C/[C@H](Cc1ccccc1)C(=O)O. The van der Waals surface area contributed by atoms with Crippen molar-refractivity contribution < 1.29 is 23.8 Å². The van der Waals surface area contributed by atoms with Crippen molar-refractivity contribution >= 4 is 12.1 Å². The Morgan fingerprint density at radius 3 is 1.97 bits per heavy atom. The summed E-state index contributed by atoms with van der Waals surface area (Å²) in [6, 6.07) is 17.1. The molecule has 0 spiro atoms. The van der Waals surface area contributed by atoms with Gasteiger partial charge < -0.3 is 15.2 Å². The van der Waals surface area contributed by atoms with Crippen molar-refractivity contribution in [1.82, 2.24) is 5.32 Å². The van der Waals surface area contributed by atoms with Gasteiger partial charge in [-0.3, -0.25) is 4.79 Å². The fourth-order valence-electron chi connectivity index (χ4n) is 2.91. The molecule has 2 aromatic rings. The van der Waals surface area contributed by atoms with E-state index >= 15 is 4.39 Å². The number of amides is 1. The summed E-state index contributed by atoms with van der Waals surface area (Å²) in [5, 5.41) is 12.1. The number of aliphatic carboxylic acids is 1. The number of alkyl carbamates (subject to hydrolysis) is 1. The van der Waals surface area contributed by atoms with Crippen LogP contribution in [-0.2, 0) is 22.4 Å². The van der Waals surface area contributed by atoms with Crippen LogP contribution < -0.4 is 5.32 Å². The molecule has 30 heavy (non-hydrogen) atoms. The van der Waals surface area contributed by atoms with Gasteiger partial charge in [0.2, 0.25) is 0 Å². The second kappa shape index (κ2) is 10.6. The maximum Gasteiger partial charge on any atom is 0.408 e. The average Bonchev–Trinajstić information content (AvgIpc) is 2.67. The Hall–Kier alpha value is -3.15. The van der Waals surface area contributed by atoms with Gasteiger partial charge in [-0.25, -0.2) is 9.18 Å². The Morgan fingerprint density at radius 2 is 1.50 bits per heavy atom. The largest absolute Gasteiger partial charge is 0.481 e. The lowest BCUT2D eigenvalue weighted by Gasteiger charge is -2.23. The van der Waals surface area contributed by atoms with E-state index in [1.165, 1.54) is 0 Å². The van der Waals surface area contributed by atoms with Gasteiger partial charge in [-0.05, 0) is 50.8 Å². The van der Waals surface area contributed by atoms with Crippen LogP contribution in [0.15, 0.2) is 72.6 Å². The highest BCUT2D eigenvalue weighted by Crippen LogP contribution is 2.19. The Balaban J connectivity index is 2.24. The molecule has 2 rings (SSSR count). The van der Waals surface area contributed by atoms with Crippen molar-refractivity contribution in [3.8, 4) is 0 Å². The molecule has 160 valence electrons. The summed E-state index contributed by atoms with van der Waals surface area (Å²) in [5.74, 6) is -2.91. The molecule has 0 aliphatic heterocycles. The molecule has 0 heterocycles. The van der Waals surface area contributed by atoms with Crippen molar-refractivity contribution in [2.75, 3.05) is 0 Å². The van der Waals surface area contributed by atoms with Gasteiger partial charge in [0.1, 0.15) is 11.4 Å². The molecule has 0 aliphatic rings. The third-order valence-corrected chi connectivity index (χ3v) is 4.28. The summed E-state index contributed by atoms with van der Waals surface area (Å²) in [5.41, 5.74) is 0.851. The molecule has 2 atom stereocenters. The van der Waals surface area contributed by atoms with Crippen LogP contribution in [0, 0.1) is 5.92 Å². The Morgan fingerprint density at radius 1 is 1.00 bits per heavy atom. The van der Waals surface area contributed by atoms with E-state index in [1.807, 2.05) is 36.4 Å². The van der Waals surface area contributed by atoms with Crippen LogP contribution in [0.25, 0.3) is 0 Å². The van der Waals surface area contributed by atoms with Crippen LogP contribution in [-0.4, -0.2) is 28.8 Å². The zero-order valence-electron chi connectivity index (χ0n) is 17.5. The first-order valence-corrected chi connectivity index (χ1v) is 9.81. The maximum atomic E-state index is 15.2. The normalized spacial score (nSPS) is 13.9. The second-order valence-electron chi connectivity index (χ2n) is 8.07. The molecule has 0 saturated heterocycles. The van der Waals surface area contributed by atoms with Crippen molar-refractivity contribution in [1.29, 1.82) is 0 Å². The highest BCUT2D eigenvalue weighted by Gasteiger charge is 2.25. The number of rotatable bonds is 8. The highest BCUT2D eigenvalue weighted by atomic mass is 19.1. The zero-order chi connectivity index (χ0) is 22.1. The third kappa shape index (κ3) is 8.07. The summed E-state index contributed by atoms with van der Waals surface area (Å²) >= 11 is 0. The van der Waals surface area contributed by atoms with Crippen molar-refractivity contribution in [2.24, 2.45) is 5.92 Å². The van der Waals surface area contributed by atoms with E-state index in [0.717, 1.165) is 17.2 Å². The summed E-state index contributed by atoms with van der Waals surface area (Å²) < 4.78 is 20.4. The Labute approximate surface area is 176 Å². The van der Waals surface area contributed by atoms with Crippen LogP contribution >= 0.6 is 0 Å². The van der Waals surface area contributed by atoms with Crippen LogP contribution in [0.5, 0.6) is 0 Å².